The van der Waals surface area contributed by atoms with Gasteiger partial charge in [-0.1, -0.05) is 60.1 Å². The Hall–Kier alpha value is -4.29. The highest BCUT2D eigenvalue weighted by Gasteiger charge is 2.37. The van der Waals surface area contributed by atoms with Crippen LogP contribution in [0, 0.1) is 0 Å². The minimum absolute atomic E-state index is 0.0804. The molecular formula is C31H34ClN5O6S. The monoisotopic (exact) mass is 639 g/mol. The van der Waals surface area contributed by atoms with Gasteiger partial charge in [-0.25, -0.2) is 13.2 Å². The molecule has 5 rings (SSSR count). The summed E-state index contributed by atoms with van der Waals surface area (Å²) in [6.45, 7) is 1.66. The summed E-state index contributed by atoms with van der Waals surface area (Å²) >= 11 is 6.07. The van der Waals surface area contributed by atoms with Crippen molar-refractivity contribution in [2.75, 3.05) is 42.1 Å². The third kappa shape index (κ3) is 7.43. The molecule has 2 aliphatic heterocycles. The first-order valence-corrected chi connectivity index (χ1v) is 16.5. The van der Waals surface area contributed by atoms with Crippen LogP contribution < -0.4 is 14.9 Å². The molecule has 11 nitrogen and oxygen atoms in total. The molecule has 3 aromatic rings. The number of amides is 3. The van der Waals surface area contributed by atoms with Crippen molar-refractivity contribution in [2.45, 2.75) is 31.5 Å². The molecule has 0 unspecified atom stereocenters. The van der Waals surface area contributed by atoms with Crippen LogP contribution in [0.3, 0.4) is 0 Å². The van der Waals surface area contributed by atoms with Gasteiger partial charge in [0.25, 0.3) is 0 Å². The molecule has 0 spiro atoms. The van der Waals surface area contributed by atoms with Gasteiger partial charge in [0.15, 0.2) is 0 Å². The first-order valence-electron chi connectivity index (χ1n) is 14.2. The van der Waals surface area contributed by atoms with Crippen LogP contribution in [0.4, 0.5) is 16.2 Å². The molecule has 2 atom stereocenters. The molecule has 3 aromatic carbocycles. The largest absolute Gasteiger partial charge is 0.465 e. The summed E-state index contributed by atoms with van der Waals surface area (Å²) in [6.07, 6.45) is 0.286. The fraction of sp³-hybridized carbons (Fsp3) is 0.323. The van der Waals surface area contributed by atoms with E-state index in [1.165, 1.54) is 0 Å². The third-order valence-corrected chi connectivity index (χ3v) is 8.74. The molecule has 1 saturated heterocycles. The van der Waals surface area contributed by atoms with E-state index in [0.717, 1.165) is 27.8 Å². The number of piperazine rings is 1. The maximum Gasteiger partial charge on any atom is 0.408 e. The quantitative estimate of drug-likeness (QED) is 0.344. The topological polar surface area (TPSA) is 139 Å². The van der Waals surface area contributed by atoms with Gasteiger partial charge >= 0.3 is 6.09 Å². The second kappa shape index (κ2) is 13.1. The van der Waals surface area contributed by atoms with Gasteiger partial charge in [0.1, 0.15) is 12.1 Å². The molecule has 0 saturated carbocycles. The Morgan fingerprint density at radius 3 is 2.23 bits per heavy atom. The Balaban J connectivity index is 1.33. The number of hydrogen-bond donors (Lipinski definition) is 3. The number of anilines is 2. The summed E-state index contributed by atoms with van der Waals surface area (Å²) < 4.78 is 26.3. The first kappa shape index (κ1) is 31.1. The number of hydrogen-bond acceptors (Lipinski definition) is 6. The van der Waals surface area contributed by atoms with Gasteiger partial charge in [0.05, 0.1) is 24.2 Å². The van der Waals surface area contributed by atoms with E-state index in [4.69, 9.17) is 11.6 Å². The third-order valence-electron chi connectivity index (χ3n) is 7.90. The number of para-hydroxylation sites is 2. The van der Waals surface area contributed by atoms with E-state index in [1.54, 1.807) is 41.3 Å². The summed E-state index contributed by atoms with van der Waals surface area (Å²) in [5, 5.41) is 13.3. The second-order valence-electron chi connectivity index (χ2n) is 11.0. The number of fused-ring (bicyclic) bond motifs is 1. The zero-order valence-electron chi connectivity index (χ0n) is 24.1. The molecular weight excluding hydrogens is 606 g/mol. The number of rotatable bonds is 8. The van der Waals surface area contributed by atoms with Crippen LogP contribution in [-0.2, 0) is 39.0 Å². The van der Waals surface area contributed by atoms with Gasteiger partial charge in [-0.05, 0) is 41.0 Å². The SMILES string of the molecule is CS(=O)(=O)Nc1ccccc1N1CCN(C(=O)[C@H](Cc2ccc(Cl)cc2)NC(=O)[C@@H]2Cc3ccccc3CN2C(=O)O)CC1. The molecule has 13 heteroatoms. The van der Waals surface area contributed by atoms with E-state index < -0.39 is 34.1 Å². The predicted molar refractivity (Wildman–Crippen MR) is 168 cm³/mol. The normalized spacial score (nSPS) is 17.4. The Bertz CT molecular complexity index is 1640. The lowest BCUT2D eigenvalue weighted by Crippen LogP contribution is -2.59. The number of carbonyl (C=O) groups excluding carboxylic acids is 2. The minimum atomic E-state index is -3.48. The lowest BCUT2D eigenvalue weighted by atomic mass is 9.93. The van der Waals surface area contributed by atoms with Crippen molar-refractivity contribution in [3.63, 3.8) is 0 Å². The van der Waals surface area contributed by atoms with Gasteiger partial charge in [-0.3, -0.25) is 19.2 Å². The number of sulfonamides is 1. The number of nitrogens with zero attached hydrogens (tertiary/aromatic N) is 3. The predicted octanol–water partition coefficient (Wildman–Crippen LogP) is 3.19. The minimum Gasteiger partial charge on any atom is -0.465 e. The van der Waals surface area contributed by atoms with Crippen molar-refractivity contribution >= 4 is 50.9 Å². The molecule has 2 aliphatic rings. The fourth-order valence-electron chi connectivity index (χ4n) is 5.71. The van der Waals surface area contributed by atoms with Crippen molar-refractivity contribution < 1.29 is 27.9 Å². The van der Waals surface area contributed by atoms with Crippen LogP contribution in [0.2, 0.25) is 5.02 Å². The highest BCUT2D eigenvalue weighted by atomic mass is 35.5. The molecule has 3 amide bonds. The van der Waals surface area contributed by atoms with E-state index in [1.807, 2.05) is 41.3 Å². The molecule has 44 heavy (non-hydrogen) atoms. The van der Waals surface area contributed by atoms with E-state index in [0.29, 0.717) is 42.6 Å². The average Bonchev–Trinajstić information content (AvgIpc) is 3.00. The number of nitrogens with one attached hydrogen (secondary N) is 2. The lowest BCUT2D eigenvalue weighted by molar-refractivity contribution is -0.138. The maximum atomic E-state index is 13.9. The van der Waals surface area contributed by atoms with E-state index >= 15 is 0 Å². The summed E-state index contributed by atoms with van der Waals surface area (Å²) in [5.74, 6) is -0.817. The Labute approximate surface area is 261 Å². The first-order chi connectivity index (χ1) is 21.0. The van der Waals surface area contributed by atoms with E-state index in [2.05, 4.69) is 10.0 Å². The summed E-state index contributed by atoms with van der Waals surface area (Å²) in [7, 11) is -3.48. The molecule has 2 heterocycles. The zero-order chi connectivity index (χ0) is 31.4. The van der Waals surface area contributed by atoms with E-state index in [-0.39, 0.29) is 25.3 Å². The van der Waals surface area contributed by atoms with Crippen molar-refractivity contribution in [3.05, 3.63) is 94.5 Å². The standard InChI is InChI=1S/C31H34ClN5O6S/c1-44(42,43)34-25-8-4-5-9-27(25)35-14-16-36(17-15-35)30(39)26(18-21-10-12-24(32)13-11-21)33-29(38)28-19-22-6-2-3-7-23(22)20-37(28)31(40)41/h2-13,26,28,34H,14-20H2,1H3,(H,33,38)(H,40,41)/t26-,28-/m0/s1. The number of halogens is 1. The van der Waals surface area contributed by atoms with Crippen molar-refractivity contribution in [2.24, 2.45) is 0 Å². The van der Waals surface area contributed by atoms with Gasteiger partial charge in [0, 0.05) is 44.0 Å². The van der Waals surface area contributed by atoms with Crippen LogP contribution in [0.15, 0.2) is 72.8 Å². The zero-order valence-corrected chi connectivity index (χ0v) is 25.7. The molecule has 1 fully saturated rings. The Morgan fingerprint density at radius 1 is 0.932 bits per heavy atom. The van der Waals surface area contributed by atoms with Crippen LogP contribution in [-0.4, -0.2) is 85.8 Å². The smallest absolute Gasteiger partial charge is 0.408 e. The number of benzene rings is 3. The summed E-state index contributed by atoms with van der Waals surface area (Å²) in [4.78, 5) is 44.6. The molecule has 0 radical (unpaired) electrons. The Kier molecular flexibility index (Phi) is 9.31. The highest BCUT2D eigenvalue weighted by Crippen LogP contribution is 2.28. The molecule has 0 aromatic heterocycles. The van der Waals surface area contributed by atoms with Gasteiger partial charge in [-0.15, -0.1) is 0 Å². The fourth-order valence-corrected chi connectivity index (χ4v) is 6.40. The van der Waals surface area contributed by atoms with Crippen LogP contribution >= 0.6 is 11.6 Å². The molecule has 3 N–H and O–H groups in total. The lowest BCUT2D eigenvalue weighted by Gasteiger charge is -2.39. The van der Waals surface area contributed by atoms with Gasteiger partial charge < -0.3 is 20.2 Å². The van der Waals surface area contributed by atoms with Crippen molar-refractivity contribution in [1.82, 2.24) is 15.1 Å². The Morgan fingerprint density at radius 2 is 1.57 bits per heavy atom. The van der Waals surface area contributed by atoms with E-state index in [9.17, 15) is 27.9 Å². The number of carboxylic acid groups (broad SMARTS) is 1. The van der Waals surface area contributed by atoms with Crippen molar-refractivity contribution in [3.8, 4) is 0 Å². The van der Waals surface area contributed by atoms with Crippen LogP contribution in [0.25, 0.3) is 0 Å². The molecule has 232 valence electrons. The summed E-state index contributed by atoms with van der Waals surface area (Å²) in [6, 6.07) is 19.6. The maximum absolute atomic E-state index is 13.9. The summed E-state index contributed by atoms with van der Waals surface area (Å²) in [5.41, 5.74) is 3.70. The molecule has 0 aliphatic carbocycles. The van der Waals surface area contributed by atoms with Crippen LogP contribution in [0.5, 0.6) is 0 Å². The highest BCUT2D eigenvalue weighted by molar-refractivity contribution is 7.92. The second-order valence-corrected chi connectivity index (χ2v) is 13.2. The molecule has 0 bridgehead atoms. The number of carbonyl (C=O) groups is 3. The van der Waals surface area contributed by atoms with Gasteiger partial charge in [0.2, 0.25) is 21.8 Å². The van der Waals surface area contributed by atoms with Gasteiger partial charge in [-0.2, -0.15) is 0 Å². The van der Waals surface area contributed by atoms with Crippen LogP contribution in [0.1, 0.15) is 16.7 Å². The average molecular weight is 640 g/mol. The van der Waals surface area contributed by atoms with Crippen molar-refractivity contribution in [1.29, 1.82) is 0 Å².